The first kappa shape index (κ1) is 14.2. The van der Waals surface area contributed by atoms with Crippen molar-refractivity contribution in [3.05, 3.63) is 35.4 Å². The Labute approximate surface area is 117 Å². The summed E-state index contributed by atoms with van der Waals surface area (Å²) in [6.07, 6.45) is 0.301. The predicted molar refractivity (Wildman–Crippen MR) is 75.2 cm³/mol. The molecule has 1 aromatic carbocycles. The van der Waals surface area contributed by atoms with Crippen molar-refractivity contribution < 1.29 is 14.7 Å². The Kier molecular flexibility index (Phi) is 4.17. The van der Waals surface area contributed by atoms with Gasteiger partial charge < -0.3 is 5.11 Å². The Bertz CT molecular complexity index is 549. The van der Waals surface area contributed by atoms with Gasteiger partial charge in [0, 0.05) is 12.1 Å². The van der Waals surface area contributed by atoms with Crippen LogP contribution in [-0.2, 0) is 16.1 Å². The molecule has 1 aliphatic heterocycles. The molecule has 0 saturated heterocycles. The molecule has 2 rings (SSSR count). The lowest BCUT2D eigenvalue weighted by Crippen LogP contribution is -2.27. The predicted octanol–water partition coefficient (Wildman–Crippen LogP) is 2.19. The minimum atomic E-state index is -0.886. The van der Waals surface area contributed by atoms with Gasteiger partial charge >= 0.3 is 5.97 Å². The zero-order valence-electron chi connectivity index (χ0n) is 11.7. The van der Waals surface area contributed by atoms with Gasteiger partial charge in [0.15, 0.2) is 0 Å². The number of nitrogens with zero attached hydrogens (tertiary/aromatic N) is 2. The molecule has 1 N–H and O–H groups in total. The van der Waals surface area contributed by atoms with Crippen LogP contribution in [-0.4, -0.2) is 27.7 Å². The van der Waals surface area contributed by atoms with Gasteiger partial charge in [0.05, 0.1) is 12.5 Å². The second kappa shape index (κ2) is 5.86. The number of rotatable bonds is 5. The molecule has 0 saturated carbocycles. The van der Waals surface area contributed by atoms with Crippen LogP contribution in [0.3, 0.4) is 0 Å². The third-order valence-corrected chi connectivity index (χ3v) is 3.44. The van der Waals surface area contributed by atoms with E-state index in [1.54, 1.807) is 6.92 Å². The highest BCUT2D eigenvalue weighted by Gasteiger charge is 2.33. The molecule has 1 aliphatic rings. The van der Waals surface area contributed by atoms with Crippen molar-refractivity contribution >= 4 is 17.6 Å². The van der Waals surface area contributed by atoms with E-state index in [0.29, 0.717) is 18.7 Å². The van der Waals surface area contributed by atoms with E-state index in [1.807, 2.05) is 31.2 Å². The minimum absolute atomic E-state index is 0.0123. The molecule has 106 valence electrons. The molecule has 0 bridgehead atoms. The van der Waals surface area contributed by atoms with Crippen LogP contribution in [0.15, 0.2) is 29.4 Å². The number of carbonyl (C=O) groups is 2. The monoisotopic (exact) mass is 274 g/mol. The lowest BCUT2D eigenvalue weighted by molar-refractivity contribution is -0.137. The van der Waals surface area contributed by atoms with Crippen LogP contribution in [0.5, 0.6) is 0 Å². The fourth-order valence-corrected chi connectivity index (χ4v) is 2.25. The number of aliphatic carboxylic acids is 1. The Morgan fingerprint density at radius 2 is 1.95 bits per heavy atom. The summed E-state index contributed by atoms with van der Waals surface area (Å²) in [7, 11) is 0. The largest absolute Gasteiger partial charge is 0.481 e. The van der Waals surface area contributed by atoms with Crippen LogP contribution < -0.4 is 0 Å². The molecule has 1 aromatic rings. The van der Waals surface area contributed by atoms with Crippen LogP contribution in [0, 0.1) is 12.8 Å². The number of hydrogen-bond acceptors (Lipinski definition) is 3. The second-order valence-corrected chi connectivity index (χ2v) is 5.11. The van der Waals surface area contributed by atoms with Crippen molar-refractivity contribution in [3.63, 3.8) is 0 Å². The SMILES string of the molecule is CC1=NN(Cc2ccc(C)cc2)C(=O)C1CCC(=O)O. The summed E-state index contributed by atoms with van der Waals surface area (Å²) < 4.78 is 0. The highest BCUT2D eigenvalue weighted by molar-refractivity contribution is 6.06. The highest BCUT2D eigenvalue weighted by atomic mass is 16.4. The van der Waals surface area contributed by atoms with E-state index in [-0.39, 0.29) is 12.3 Å². The number of hydrazone groups is 1. The highest BCUT2D eigenvalue weighted by Crippen LogP contribution is 2.22. The van der Waals surface area contributed by atoms with E-state index in [4.69, 9.17) is 5.11 Å². The van der Waals surface area contributed by atoms with E-state index >= 15 is 0 Å². The first-order valence-corrected chi connectivity index (χ1v) is 6.61. The van der Waals surface area contributed by atoms with E-state index in [2.05, 4.69) is 5.10 Å². The molecule has 5 nitrogen and oxygen atoms in total. The lowest BCUT2D eigenvalue weighted by atomic mass is 9.98. The summed E-state index contributed by atoms with van der Waals surface area (Å²) in [5, 5.41) is 14.4. The van der Waals surface area contributed by atoms with Gasteiger partial charge in [0.2, 0.25) is 0 Å². The molecule has 0 fully saturated rings. The molecule has 1 unspecified atom stereocenters. The van der Waals surface area contributed by atoms with Gasteiger partial charge in [-0.25, -0.2) is 5.01 Å². The maximum absolute atomic E-state index is 12.2. The van der Waals surface area contributed by atoms with Crippen molar-refractivity contribution in [1.29, 1.82) is 0 Å². The standard InChI is InChI=1S/C15H18N2O3/c1-10-3-5-12(6-4-10)9-17-15(20)13(11(2)16-17)7-8-14(18)19/h3-6,13H,7-9H2,1-2H3,(H,18,19). The van der Waals surface area contributed by atoms with Gasteiger partial charge in [0.1, 0.15) is 0 Å². The summed E-state index contributed by atoms with van der Waals surface area (Å²) in [6.45, 7) is 4.22. The smallest absolute Gasteiger partial charge is 0.303 e. The summed E-state index contributed by atoms with van der Waals surface area (Å²) in [5.41, 5.74) is 2.88. The third-order valence-electron chi connectivity index (χ3n) is 3.44. The Hall–Kier alpha value is -2.17. The molecule has 0 aromatic heterocycles. The molecular weight excluding hydrogens is 256 g/mol. The molecule has 0 radical (unpaired) electrons. The van der Waals surface area contributed by atoms with Crippen LogP contribution >= 0.6 is 0 Å². The number of benzene rings is 1. The van der Waals surface area contributed by atoms with Gasteiger partial charge in [-0.1, -0.05) is 29.8 Å². The summed E-state index contributed by atoms with van der Waals surface area (Å²) >= 11 is 0. The average Bonchev–Trinajstić information content (AvgIpc) is 2.65. The number of hydrogen-bond donors (Lipinski definition) is 1. The third kappa shape index (κ3) is 3.23. The van der Waals surface area contributed by atoms with Gasteiger partial charge in [-0.2, -0.15) is 5.10 Å². The fraction of sp³-hybridized carbons (Fsp3) is 0.400. The molecule has 1 amide bonds. The number of aryl methyl sites for hydroxylation is 1. The minimum Gasteiger partial charge on any atom is -0.481 e. The zero-order chi connectivity index (χ0) is 14.7. The molecular formula is C15H18N2O3. The average molecular weight is 274 g/mol. The number of carboxylic acid groups (broad SMARTS) is 1. The molecule has 1 atom stereocenters. The van der Waals surface area contributed by atoms with E-state index in [9.17, 15) is 9.59 Å². The molecule has 1 heterocycles. The zero-order valence-corrected chi connectivity index (χ0v) is 11.7. The summed E-state index contributed by atoms with van der Waals surface area (Å²) in [6, 6.07) is 7.93. The summed E-state index contributed by atoms with van der Waals surface area (Å²) in [4.78, 5) is 22.8. The van der Waals surface area contributed by atoms with Gasteiger partial charge in [-0.05, 0) is 25.8 Å². The van der Waals surface area contributed by atoms with Crippen LogP contribution in [0.1, 0.15) is 30.9 Å². The lowest BCUT2D eigenvalue weighted by Gasteiger charge is -2.14. The molecule has 5 heteroatoms. The van der Waals surface area contributed by atoms with Gasteiger partial charge in [-0.15, -0.1) is 0 Å². The second-order valence-electron chi connectivity index (χ2n) is 5.11. The van der Waals surface area contributed by atoms with E-state index in [0.717, 1.165) is 5.56 Å². The van der Waals surface area contributed by atoms with Gasteiger partial charge in [0.25, 0.3) is 5.91 Å². The van der Waals surface area contributed by atoms with Gasteiger partial charge in [-0.3, -0.25) is 9.59 Å². The molecule has 20 heavy (non-hydrogen) atoms. The van der Waals surface area contributed by atoms with E-state index < -0.39 is 11.9 Å². The number of amides is 1. The van der Waals surface area contributed by atoms with Crippen molar-refractivity contribution in [1.82, 2.24) is 5.01 Å². The van der Waals surface area contributed by atoms with Crippen molar-refractivity contribution in [2.75, 3.05) is 0 Å². The topological polar surface area (TPSA) is 70.0 Å². The van der Waals surface area contributed by atoms with Crippen LogP contribution in [0.2, 0.25) is 0 Å². The fourth-order valence-electron chi connectivity index (χ4n) is 2.25. The maximum Gasteiger partial charge on any atom is 0.303 e. The first-order chi connectivity index (χ1) is 9.47. The van der Waals surface area contributed by atoms with Crippen molar-refractivity contribution in [2.45, 2.75) is 33.2 Å². The van der Waals surface area contributed by atoms with Crippen LogP contribution in [0.25, 0.3) is 0 Å². The first-order valence-electron chi connectivity index (χ1n) is 6.61. The number of carbonyl (C=O) groups excluding carboxylic acids is 1. The Morgan fingerprint density at radius 3 is 2.55 bits per heavy atom. The Morgan fingerprint density at radius 1 is 1.30 bits per heavy atom. The van der Waals surface area contributed by atoms with Crippen molar-refractivity contribution in [3.8, 4) is 0 Å². The quantitative estimate of drug-likeness (QED) is 0.894. The Balaban J connectivity index is 2.02. The maximum atomic E-state index is 12.2. The molecule has 0 spiro atoms. The van der Waals surface area contributed by atoms with Crippen LogP contribution in [0.4, 0.5) is 0 Å². The molecule has 0 aliphatic carbocycles. The number of carboxylic acids is 1. The normalized spacial score (nSPS) is 18.3. The van der Waals surface area contributed by atoms with E-state index in [1.165, 1.54) is 10.6 Å². The summed E-state index contributed by atoms with van der Waals surface area (Å²) in [5.74, 6) is -1.39. The van der Waals surface area contributed by atoms with Crippen molar-refractivity contribution in [2.24, 2.45) is 11.0 Å².